The van der Waals surface area contributed by atoms with Crippen LogP contribution in [0.1, 0.15) is 252 Å². The summed E-state index contributed by atoms with van der Waals surface area (Å²) in [6.45, 7) is 14.0. The van der Waals surface area contributed by atoms with Gasteiger partial charge in [-0.15, -0.1) is 0 Å². The van der Waals surface area contributed by atoms with Gasteiger partial charge >= 0.3 is 11.9 Å². The fraction of sp³-hybridized carbons (Fsp3) is 0.942. The van der Waals surface area contributed by atoms with Crippen molar-refractivity contribution >= 4 is 17.8 Å². The molecule has 9 nitrogen and oxygen atoms in total. The summed E-state index contributed by atoms with van der Waals surface area (Å²) in [5, 5.41) is 0. The molecule has 0 aromatic rings. The zero-order valence-corrected chi connectivity index (χ0v) is 40.9. The number of ether oxygens (including phenoxy) is 5. The first-order valence-corrected chi connectivity index (χ1v) is 26.3. The quantitative estimate of drug-likeness (QED) is 0.0440. The van der Waals surface area contributed by atoms with E-state index in [1.807, 2.05) is 4.90 Å². The van der Waals surface area contributed by atoms with Crippen LogP contribution in [0.2, 0.25) is 0 Å². The zero-order chi connectivity index (χ0) is 44.5. The molecule has 0 heterocycles. The van der Waals surface area contributed by atoms with Crippen LogP contribution in [0.4, 0.5) is 0 Å². The molecule has 61 heavy (non-hydrogen) atoms. The van der Waals surface area contributed by atoms with Gasteiger partial charge in [0.2, 0.25) is 5.91 Å². The van der Waals surface area contributed by atoms with Gasteiger partial charge in [-0.05, 0) is 64.2 Å². The number of unbranched alkanes of at least 4 members (excludes halogenated alkanes) is 24. The number of hydrogen-bond donors (Lipinski definition) is 0. The topological polar surface area (TPSA) is 101 Å². The van der Waals surface area contributed by atoms with Gasteiger partial charge in [-0.2, -0.15) is 0 Å². The monoisotopic (exact) mass is 868 g/mol. The van der Waals surface area contributed by atoms with Crippen molar-refractivity contribution < 1.29 is 38.1 Å². The number of nitrogens with zero attached hydrogens (tertiary/aromatic N) is 1. The summed E-state index contributed by atoms with van der Waals surface area (Å²) in [5.41, 5.74) is 0. The van der Waals surface area contributed by atoms with Gasteiger partial charge in [-0.3, -0.25) is 14.4 Å². The highest BCUT2D eigenvalue weighted by molar-refractivity contribution is 5.76. The van der Waals surface area contributed by atoms with E-state index in [9.17, 15) is 14.4 Å². The molecule has 0 fully saturated rings. The number of carbonyl (C=O) groups excluding carboxylic acids is 3. The number of esters is 2. The molecular weight excluding hydrogens is 767 g/mol. The maximum atomic E-state index is 13.3. The molecule has 0 N–H and O–H groups in total. The van der Waals surface area contributed by atoms with E-state index in [2.05, 4.69) is 27.7 Å². The van der Waals surface area contributed by atoms with Crippen molar-refractivity contribution in [2.24, 2.45) is 0 Å². The molecule has 0 aliphatic carbocycles. The maximum Gasteiger partial charge on any atom is 0.306 e. The number of amides is 1. The Labute approximate surface area is 377 Å². The molecule has 0 spiro atoms. The first kappa shape index (κ1) is 59.3. The second kappa shape index (κ2) is 49.3. The first-order chi connectivity index (χ1) is 30.0. The third kappa shape index (κ3) is 44.7. The lowest BCUT2D eigenvalue weighted by atomic mass is 10.0. The number of hydrogen-bond acceptors (Lipinski definition) is 8. The smallest absolute Gasteiger partial charge is 0.306 e. The molecule has 0 aromatic carbocycles. The average molecular weight is 868 g/mol. The van der Waals surface area contributed by atoms with Crippen molar-refractivity contribution in [3.63, 3.8) is 0 Å². The van der Waals surface area contributed by atoms with Crippen LogP contribution in [0.25, 0.3) is 0 Å². The minimum absolute atomic E-state index is 0.0272. The molecule has 0 aliphatic rings. The molecule has 0 saturated carbocycles. The third-order valence-corrected chi connectivity index (χ3v) is 11.6. The van der Waals surface area contributed by atoms with Gasteiger partial charge in [-0.1, -0.05) is 169 Å². The van der Waals surface area contributed by atoms with Gasteiger partial charge in [-0.25, -0.2) is 0 Å². The van der Waals surface area contributed by atoms with Crippen molar-refractivity contribution in [2.75, 3.05) is 59.3 Å². The highest BCUT2D eigenvalue weighted by Gasteiger charge is 2.16. The molecule has 1 amide bonds. The van der Waals surface area contributed by atoms with Gasteiger partial charge < -0.3 is 28.6 Å². The van der Waals surface area contributed by atoms with Crippen LogP contribution in [0.5, 0.6) is 0 Å². The van der Waals surface area contributed by atoms with Crippen molar-refractivity contribution in [1.29, 1.82) is 0 Å². The molecular formula is C52H101NO8. The van der Waals surface area contributed by atoms with E-state index >= 15 is 0 Å². The van der Waals surface area contributed by atoms with E-state index in [1.54, 1.807) is 0 Å². The lowest BCUT2D eigenvalue weighted by Crippen LogP contribution is -2.33. The Morgan fingerprint density at radius 1 is 0.361 bits per heavy atom. The first-order valence-electron chi connectivity index (χ1n) is 26.3. The van der Waals surface area contributed by atoms with E-state index in [4.69, 9.17) is 23.7 Å². The summed E-state index contributed by atoms with van der Waals surface area (Å²) in [7, 11) is 0. The van der Waals surface area contributed by atoms with E-state index in [-0.39, 0.29) is 23.9 Å². The molecule has 0 atom stereocenters. The Kier molecular flexibility index (Phi) is 47.9. The molecule has 0 aromatic heterocycles. The molecule has 0 unspecified atom stereocenters. The Bertz CT molecular complexity index is 917. The van der Waals surface area contributed by atoms with Crippen molar-refractivity contribution in [1.82, 2.24) is 4.90 Å². The van der Waals surface area contributed by atoms with E-state index < -0.39 is 0 Å². The maximum absolute atomic E-state index is 13.3. The average Bonchev–Trinajstić information content (AvgIpc) is 3.25. The van der Waals surface area contributed by atoms with E-state index in [1.165, 1.54) is 109 Å². The van der Waals surface area contributed by atoms with Gasteiger partial charge in [0.1, 0.15) is 6.10 Å². The van der Waals surface area contributed by atoms with Crippen LogP contribution in [0.3, 0.4) is 0 Å². The SMILES string of the molecule is CCCCCCCCCCCOC(=O)CCCCCN(CCCCCCCC(=O)OC(CCCCCCCC)CCCCCCCC)C(=O)CCOCCOCCOCCC. The summed E-state index contributed by atoms with van der Waals surface area (Å²) in [6, 6.07) is 0. The summed E-state index contributed by atoms with van der Waals surface area (Å²) < 4.78 is 28.2. The normalized spacial score (nSPS) is 11.4. The number of carbonyl (C=O) groups is 3. The Hall–Kier alpha value is -1.71. The molecule has 9 heteroatoms. The minimum Gasteiger partial charge on any atom is -0.466 e. The van der Waals surface area contributed by atoms with Crippen molar-refractivity contribution in [3.05, 3.63) is 0 Å². The molecule has 0 saturated heterocycles. The largest absolute Gasteiger partial charge is 0.466 e. The van der Waals surface area contributed by atoms with Crippen LogP contribution >= 0.6 is 0 Å². The molecule has 0 bridgehead atoms. The summed E-state index contributed by atoms with van der Waals surface area (Å²) >= 11 is 0. The Morgan fingerprint density at radius 3 is 1.26 bits per heavy atom. The molecule has 0 radical (unpaired) electrons. The lowest BCUT2D eigenvalue weighted by Gasteiger charge is -2.23. The Morgan fingerprint density at radius 2 is 0.754 bits per heavy atom. The summed E-state index contributed by atoms with van der Waals surface area (Å²) in [5.74, 6) is -0.00873. The van der Waals surface area contributed by atoms with E-state index in [0.29, 0.717) is 65.4 Å². The lowest BCUT2D eigenvalue weighted by molar-refractivity contribution is -0.150. The van der Waals surface area contributed by atoms with Gasteiger partial charge in [0.05, 0.1) is 46.1 Å². The van der Waals surface area contributed by atoms with Gasteiger partial charge in [0.25, 0.3) is 0 Å². The summed E-state index contributed by atoms with van der Waals surface area (Å²) in [6.07, 6.45) is 38.2. The van der Waals surface area contributed by atoms with Crippen LogP contribution < -0.4 is 0 Å². The highest BCUT2D eigenvalue weighted by Crippen LogP contribution is 2.19. The second-order valence-corrected chi connectivity index (χ2v) is 17.6. The molecule has 0 aliphatic heterocycles. The highest BCUT2D eigenvalue weighted by atomic mass is 16.5. The predicted molar refractivity (Wildman–Crippen MR) is 254 cm³/mol. The van der Waals surface area contributed by atoms with Crippen LogP contribution in [-0.2, 0) is 38.1 Å². The van der Waals surface area contributed by atoms with Gasteiger partial charge in [0.15, 0.2) is 0 Å². The van der Waals surface area contributed by atoms with Crippen molar-refractivity contribution in [2.45, 2.75) is 259 Å². The fourth-order valence-corrected chi connectivity index (χ4v) is 7.70. The standard InChI is InChI=1S/C52H101NO8/c1-5-9-12-15-18-19-20-26-34-43-60-51(55)37-31-27-33-41-53(50(54)39-44-58-46-48-59-47-45-57-42-8-4)40-32-25-21-24-30-38-52(56)61-49(35-28-22-16-13-10-6-2)36-29-23-17-14-11-7-3/h49H,5-48H2,1-4H3. The summed E-state index contributed by atoms with van der Waals surface area (Å²) in [4.78, 5) is 40.4. The van der Waals surface area contributed by atoms with Gasteiger partial charge in [0, 0.05) is 32.5 Å². The van der Waals surface area contributed by atoms with Crippen molar-refractivity contribution in [3.8, 4) is 0 Å². The second-order valence-electron chi connectivity index (χ2n) is 17.6. The third-order valence-electron chi connectivity index (χ3n) is 11.6. The predicted octanol–water partition coefficient (Wildman–Crippen LogP) is 14.1. The zero-order valence-electron chi connectivity index (χ0n) is 40.9. The van der Waals surface area contributed by atoms with Crippen LogP contribution in [0.15, 0.2) is 0 Å². The number of rotatable bonds is 50. The van der Waals surface area contributed by atoms with Crippen LogP contribution in [-0.4, -0.2) is 88.2 Å². The van der Waals surface area contributed by atoms with E-state index in [0.717, 1.165) is 109 Å². The molecule has 0 rings (SSSR count). The minimum atomic E-state index is -0.100. The Balaban J connectivity index is 4.55. The fourth-order valence-electron chi connectivity index (χ4n) is 7.70. The van der Waals surface area contributed by atoms with Crippen LogP contribution in [0, 0.1) is 0 Å². The molecule has 362 valence electrons.